The van der Waals surface area contributed by atoms with Crippen LogP contribution >= 0.6 is 0 Å². The highest BCUT2D eigenvalue weighted by Crippen LogP contribution is 2.33. The van der Waals surface area contributed by atoms with E-state index in [1.807, 2.05) is 32.9 Å². The molecule has 27 heavy (non-hydrogen) atoms. The maximum absolute atomic E-state index is 12.5. The summed E-state index contributed by atoms with van der Waals surface area (Å²) < 4.78 is 5.99. The third kappa shape index (κ3) is 3.32. The third-order valence-corrected chi connectivity index (χ3v) is 4.78. The van der Waals surface area contributed by atoms with Crippen LogP contribution in [0.5, 0.6) is 0 Å². The fraction of sp³-hybridized carbons (Fsp3) is 0.474. The van der Waals surface area contributed by atoms with Crippen LogP contribution in [0.2, 0.25) is 0 Å². The fourth-order valence-electron chi connectivity index (χ4n) is 3.04. The number of fused-ring (bicyclic) bond motifs is 3. The Hall–Kier alpha value is -2.74. The van der Waals surface area contributed by atoms with Gasteiger partial charge in [-0.25, -0.2) is 9.97 Å². The molecule has 0 saturated carbocycles. The van der Waals surface area contributed by atoms with Crippen LogP contribution in [0.25, 0.3) is 22.2 Å². The zero-order chi connectivity index (χ0) is 19.2. The number of carbonyl (C=O) groups is 1. The number of carbonyl (C=O) groups excluding carboxylic acids is 1. The van der Waals surface area contributed by atoms with Crippen LogP contribution in [0.1, 0.15) is 20.8 Å². The molecular weight excluding hydrogens is 344 g/mol. The van der Waals surface area contributed by atoms with Gasteiger partial charge >= 0.3 is 0 Å². The molecule has 3 aromatic heterocycles. The van der Waals surface area contributed by atoms with Gasteiger partial charge in [0.2, 0.25) is 17.6 Å². The summed E-state index contributed by atoms with van der Waals surface area (Å²) in [6, 6.07) is 3.77. The molecule has 0 radical (unpaired) electrons. The highest BCUT2D eigenvalue weighted by atomic mass is 16.3. The van der Waals surface area contributed by atoms with E-state index in [4.69, 9.17) is 4.42 Å². The van der Waals surface area contributed by atoms with E-state index in [1.165, 1.54) is 0 Å². The third-order valence-electron chi connectivity index (χ3n) is 4.78. The number of hydrogen-bond acceptors (Lipinski definition) is 7. The molecule has 0 spiro atoms. The number of rotatable bonds is 2. The van der Waals surface area contributed by atoms with E-state index in [0.717, 1.165) is 31.6 Å². The van der Waals surface area contributed by atoms with Gasteiger partial charge in [-0.1, -0.05) is 20.8 Å². The summed E-state index contributed by atoms with van der Waals surface area (Å²) >= 11 is 0. The summed E-state index contributed by atoms with van der Waals surface area (Å²) in [5.41, 5.74) is 1.27. The first kappa shape index (κ1) is 17.7. The van der Waals surface area contributed by atoms with Crippen molar-refractivity contribution in [3.8, 4) is 0 Å². The maximum atomic E-state index is 12.5. The first-order chi connectivity index (χ1) is 12.8. The molecule has 142 valence electrons. The lowest BCUT2D eigenvalue weighted by Gasteiger charge is -2.33. The molecule has 0 unspecified atom stereocenters. The highest BCUT2D eigenvalue weighted by molar-refractivity contribution is 6.05. The second kappa shape index (κ2) is 6.45. The van der Waals surface area contributed by atoms with Crippen molar-refractivity contribution < 1.29 is 9.21 Å². The number of nitrogens with one attached hydrogen (secondary N) is 1. The number of amides is 1. The van der Waals surface area contributed by atoms with Crippen LogP contribution < -0.4 is 10.2 Å². The van der Waals surface area contributed by atoms with Crippen molar-refractivity contribution in [2.75, 3.05) is 43.4 Å². The topological polar surface area (TPSA) is 87.4 Å². The van der Waals surface area contributed by atoms with Crippen molar-refractivity contribution in [1.29, 1.82) is 0 Å². The normalized spacial score (nSPS) is 16.2. The monoisotopic (exact) mass is 368 g/mol. The molecule has 0 aromatic carbocycles. The Kier molecular flexibility index (Phi) is 4.22. The van der Waals surface area contributed by atoms with E-state index >= 15 is 0 Å². The van der Waals surface area contributed by atoms with Crippen LogP contribution in [0.3, 0.4) is 0 Å². The zero-order valence-corrected chi connectivity index (χ0v) is 16.1. The molecule has 4 heterocycles. The number of nitrogens with zero attached hydrogens (tertiary/aromatic N) is 5. The second-order valence-corrected chi connectivity index (χ2v) is 8.00. The summed E-state index contributed by atoms with van der Waals surface area (Å²) in [6.07, 6.45) is 1.69. The Morgan fingerprint density at radius 3 is 2.63 bits per heavy atom. The van der Waals surface area contributed by atoms with Gasteiger partial charge in [0.25, 0.3) is 0 Å². The number of aromatic nitrogens is 3. The van der Waals surface area contributed by atoms with Gasteiger partial charge in [-0.3, -0.25) is 10.1 Å². The lowest BCUT2D eigenvalue weighted by molar-refractivity contribution is -0.123. The standard InChI is InChI=1S/C19H24N6O2/c1-19(2,3)17(26)23-18-21-13-12-6-5-7-20-16(12)27-14(13)15(22-18)25-10-8-24(4)9-11-25/h5-7H,8-11H2,1-4H3,(H,21,22,23,26). The van der Waals surface area contributed by atoms with E-state index in [-0.39, 0.29) is 5.91 Å². The Morgan fingerprint density at radius 2 is 1.93 bits per heavy atom. The molecule has 1 N–H and O–H groups in total. The molecule has 3 aromatic rings. The zero-order valence-electron chi connectivity index (χ0n) is 16.1. The molecule has 0 aliphatic carbocycles. The van der Waals surface area contributed by atoms with Crippen LogP contribution in [-0.4, -0.2) is 59.0 Å². The number of pyridine rings is 1. The predicted molar refractivity (Wildman–Crippen MR) is 105 cm³/mol. The van der Waals surface area contributed by atoms with Crippen LogP contribution in [-0.2, 0) is 4.79 Å². The predicted octanol–water partition coefficient (Wildman–Crippen LogP) is 2.51. The lowest BCUT2D eigenvalue weighted by Crippen LogP contribution is -2.45. The van der Waals surface area contributed by atoms with Crippen molar-refractivity contribution in [3.63, 3.8) is 0 Å². The second-order valence-electron chi connectivity index (χ2n) is 8.00. The van der Waals surface area contributed by atoms with E-state index in [0.29, 0.717) is 28.6 Å². The Morgan fingerprint density at radius 1 is 1.19 bits per heavy atom. The summed E-state index contributed by atoms with van der Waals surface area (Å²) in [4.78, 5) is 30.4. The van der Waals surface area contributed by atoms with Crippen LogP contribution in [0, 0.1) is 5.41 Å². The van der Waals surface area contributed by atoms with Crippen molar-refractivity contribution >= 4 is 39.9 Å². The molecule has 1 amide bonds. The van der Waals surface area contributed by atoms with Crippen molar-refractivity contribution in [3.05, 3.63) is 18.3 Å². The molecule has 0 atom stereocenters. The smallest absolute Gasteiger partial charge is 0.232 e. The van der Waals surface area contributed by atoms with Gasteiger partial charge in [0, 0.05) is 37.8 Å². The average Bonchev–Trinajstić information content (AvgIpc) is 3.00. The minimum absolute atomic E-state index is 0.128. The van der Waals surface area contributed by atoms with Gasteiger partial charge < -0.3 is 14.2 Å². The maximum Gasteiger partial charge on any atom is 0.232 e. The number of likely N-dealkylation sites (N-methyl/N-ethyl adjacent to an activating group) is 1. The quantitative estimate of drug-likeness (QED) is 0.743. The van der Waals surface area contributed by atoms with E-state index in [9.17, 15) is 4.79 Å². The van der Waals surface area contributed by atoms with Gasteiger partial charge in [-0.15, -0.1) is 0 Å². The molecule has 1 aliphatic rings. The van der Waals surface area contributed by atoms with Crippen LogP contribution in [0.4, 0.5) is 11.8 Å². The highest BCUT2D eigenvalue weighted by Gasteiger charge is 2.26. The fourth-order valence-corrected chi connectivity index (χ4v) is 3.04. The van der Waals surface area contributed by atoms with Gasteiger partial charge in [0.15, 0.2) is 11.4 Å². The number of hydrogen-bond donors (Lipinski definition) is 1. The van der Waals surface area contributed by atoms with E-state index < -0.39 is 5.41 Å². The number of anilines is 2. The van der Waals surface area contributed by atoms with Gasteiger partial charge in [-0.2, -0.15) is 4.98 Å². The molecule has 4 rings (SSSR count). The Labute approximate surface area is 157 Å². The van der Waals surface area contributed by atoms with Gasteiger partial charge in [-0.05, 0) is 19.2 Å². The molecule has 1 saturated heterocycles. The van der Waals surface area contributed by atoms with Gasteiger partial charge in [0.1, 0.15) is 5.52 Å². The molecule has 0 bridgehead atoms. The van der Waals surface area contributed by atoms with Gasteiger partial charge in [0.05, 0.1) is 5.39 Å². The molecular formula is C19H24N6O2. The van der Waals surface area contributed by atoms with E-state index in [2.05, 4.69) is 37.1 Å². The first-order valence-corrected chi connectivity index (χ1v) is 9.13. The van der Waals surface area contributed by atoms with Crippen molar-refractivity contribution in [2.45, 2.75) is 20.8 Å². The van der Waals surface area contributed by atoms with Crippen LogP contribution in [0.15, 0.2) is 22.7 Å². The Bertz CT molecular complexity index is 999. The number of piperazine rings is 1. The minimum atomic E-state index is -0.535. The number of furan rings is 1. The molecule has 8 nitrogen and oxygen atoms in total. The summed E-state index contributed by atoms with van der Waals surface area (Å²) in [6.45, 7) is 9.12. The lowest BCUT2D eigenvalue weighted by atomic mass is 9.96. The molecule has 1 aliphatic heterocycles. The average molecular weight is 368 g/mol. The van der Waals surface area contributed by atoms with E-state index in [1.54, 1.807) is 6.20 Å². The first-order valence-electron chi connectivity index (χ1n) is 9.13. The molecule has 8 heteroatoms. The largest absolute Gasteiger partial charge is 0.432 e. The summed E-state index contributed by atoms with van der Waals surface area (Å²) in [5, 5.41) is 3.67. The Balaban J connectivity index is 1.84. The SMILES string of the molecule is CN1CCN(c2nc(NC(=O)C(C)(C)C)nc3c2oc2ncccc23)CC1. The summed E-state index contributed by atoms with van der Waals surface area (Å²) in [7, 11) is 2.10. The summed E-state index contributed by atoms with van der Waals surface area (Å²) in [5.74, 6) is 0.871. The minimum Gasteiger partial charge on any atom is -0.432 e. The molecule has 1 fully saturated rings. The van der Waals surface area contributed by atoms with Crippen molar-refractivity contribution in [1.82, 2.24) is 19.9 Å². The van der Waals surface area contributed by atoms with Crippen molar-refractivity contribution in [2.24, 2.45) is 5.41 Å².